The topological polar surface area (TPSA) is 147 Å². The Labute approximate surface area is 367 Å². The van der Waals surface area contributed by atoms with Crippen LogP contribution in [0.25, 0.3) is 11.1 Å². The highest BCUT2D eigenvalue weighted by Crippen LogP contribution is 2.66. The molecule has 5 aliphatic rings. The monoisotopic (exact) mass is 853 g/mol. The average molecular weight is 853 g/mol. The van der Waals surface area contributed by atoms with Gasteiger partial charge in [0.25, 0.3) is 5.91 Å². The van der Waals surface area contributed by atoms with Gasteiger partial charge in [-0.2, -0.15) is 5.06 Å². The molecule has 4 saturated carbocycles. The van der Waals surface area contributed by atoms with Crippen molar-refractivity contribution < 1.29 is 34.2 Å². The summed E-state index contributed by atoms with van der Waals surface area (Å²) in [6.07, 6.45) is 2.28. The average Bonchev–Trinajstić information content (AvgIpc) is 3.65. The summed E-state index contributed by atoms with van der Waals surface area (Å²) >= 11 is 0. The van der Waals surface area contributed by atoms with Crippen molar-refractivity contribution in [1.82, 2.24) is 25.5 Å². The lowest BCUT2D eigenvalue weighted by atomic mass is 9.45. The molecule has 3 aromatic rings. The van der Waals surface area contributed by atoms with E-state index in [2.05, 4.69) is 48.4 Å². The predicted octanol–water partition coefficient (Wildman–Crippen LogP) is 4.59. The van der Waals surface area contributed by atoms with Crippen molar-refractivity contribution in [3.8, 4) is 16.9 Å². The van der Waals surface area contributed by atoms with E-state index in [1.165, 1.54) is 11.3 Å². The number of aliphatic hydroxyl groups is 2. The third-order valence-corrected chi connectivity index (χ3v) is 14.9. The first-order valence-electron chi connectivity index (χ1n) is 22.1. The number of hydrogen-bond acceptors (Lipinski definition) is 10. The lowest BCUT2D eigenvalue weighted by molar-refractivity contribution is -0.183. The number of methoxy groups -OCH3 is 1. The van der Waals surface area contributed by atoms with Crippen LogP contribution in [-0.4, -0.2) is 135 Å². The summed E-state index contributed by atoms with van der Waals surface area (Å²) in [6, 6.07) is 20.4. The number of aliphatic hydroxyl groups excluding tert-OH is 1. The first-order chi connectivity index (χ1) is 29.3. The summed E-state index contributed by atoms with van der Waals surface area (Å²) in [5.41, 5.74) is 2.37. The van der Waals surface area contributed by atoms with Crippen LogP contribution < -0.4 is 20.3 Å². The van der Waals surface area contributed by atoms with E-state index in [4.69, 9.17) is 9.57 Å². The number of rotatable bonds is 16. The minimum absolute atomic E-state index is 0.00855. The molecule has 1 unspecified atom stereocenters. The van der Waals surface area contributed by atoms with Crippen LogP contribution in [0.3, 0.4) is 0 Å². The molecule has 2 bridgehead atoms. The number of amides is 3. The van der Waals surface area contributed by atoms with Gasteiger partial charge in [-0.25, -0.2) is 0 Å². The van der Waals surface area contributed by atoms with Crippen LogP contribution in [0.15, 0.2) is 66.7 Å². The second-order valence-corrected chi connectivity index (χ2v) is 19.8. The molecule has 13 nitrogen and oxygen atoms in total. The van der Waals surface area contributed by atoms with Crippen molar-refractivity contribution in [3.63, 3.8) is 0 Å². The fourth-order valence-electron chi connectivity index (χ4n) is 11.1. The molecule has 0 aromatic heterocycles. The Bertz CT molecular complexity index is 2130. The van der Waals surface area contributed by atoms with Gasteiger partial charge in [0.05, 0.1) is 37.8 Å². The van der Waals surface area contributed by atoms with Gasteiger partial charge >= 0.3 is 0 Å². The van der Waals surface area contributed by atoms with Crippen LogP contribution in [-0.2, 0) is 27.4 Å². The second-order valence-electron chi connectivity index (χ2n) is 19.8. The summed E-state index contributed by atoms with van der Waals surface area (Å²) in [7, 11) is 10.8. The molecule has 3 amide bonds. The van der Waals surface area contributed by atoms with Crippen molar-refractivity contribution in [2.75, 3.05) is 66.9 Å². The largest absolute Gasteiger partial charge is 0.496 e. The Morgan fingerprint density at radius 1 is 0.984 bits per heavy atom. The maximum atomic E-state index is 14.6. The number of carbonyl (C=O) groups is 3. The van der Waals surface area contributed by atoms with E-state index < -0.39 is 23.2 Å². The summed E-state index contributed by atoms with van der Waals surface area (Å²) < 4.78 is 6.18. The molecule has 1 spiro atoms. The number of benzene rings is 3. The van der Waals surface area contributed by atoms with Gasteiger partial charge in [0.15, 0.2) is 0 Å². The molecule has 5 fully saturated rings. The first kappa shape index (κ1) is 45.5. The molecule has 62 heavy (non-hydrogen) atoms. The smallest absolute Gasteiger partial charge is 0.251 e. The van der Waals surface area contributed by atoms with Crippen LogP contribution in [0.2, 0.25) is 0 Å². The highest BCUT2D eigenvalue weighted by Gasteiger charge is 2.78. The Balaban J connectivity index is 1.21. The predicted molar refractivity (Wildman–Crippen MR) is 240 cm³/mol. The Morgan fingerprint density at radius 3 is 2.29 bits per heavy atom. The van der Waals surface area contributed by atoms with Crippen LogP contribution in [0.1, 0.15) is 68.4 Å². The zero-order chi connectivity index (χ0) is 44.9. The van der Waals surface area contributed by atoms with Crippen LogP contribution in [0, 0.1) is 28.6 Å². The normalized spacial score (nSPS) is 28.9. The SMILES string of the molecule is COc1c(CN2O[C@@H](CO)[C@]3(CC3(C)O)[C@H]2C(=O)N[C@H]2C[C@H]3C[C@@H]([C@@H]2C)C3(C)C)cccc1-c1cc(C(=O)N[C@@H](Cc2ccccc2)CN(C)C)cc(N(C)CC(=O)N(C)C)c1. The number of hydrogen-bond donors (Lipinski definition) is 4. The number of hydroxylamine groups is 2. The number of nitrogens with one attached hydrogen (secondary N) is 2. The van der Waals surface area contributed by atoms with Gasteiger partial charge in [0, 0.05) is 62.1 Å². The quantitative estimate of drug-likeness (QED) is 0.162. The number of anilines is 1. The van der Waals surface area contributed by atoms with E-state index in [0.717, 1.165) is 12.0 Å². The van der Waals surface area contributed by atoms with Gasteiger partial charge in [-0.1, -0.05) is 69.3 Å². The first-order valence-corrected chi connectivity index (χ1v) is 22.1. The molecule has 13 heteroatoms. The molecular formula is C49H68N6O7. The van der Waals surface area contributed by atoms with E-state index in [0.29, 0.717) is 70.8 Å². The lowest BCUT2D eigenvalue weighted by Crippen LogP contribution is -2.62. The molecule has 336 valence electrons. The van der Waals surface area contributed by atoms with Crippen molar-refractivity contribution in [1.29, 1.82) is 0 Å². The molecule has 1 aliphatic heterocycles. The molecule has 1 saturated heterocycles. The Kier molecular flexibility index (Phi) is 12.9. The van der Waals surface area contributed by atoms with Crippen molar-refractivity contribution in [2.24, 2.45) is 28.6 Å². The number of fused-ring (bicyclic) bond motifs is 2. The third-order valence-electron chi connectivity index (χ3n) is 14.9. The molecule has 4 aliphatic carbocycles. The summed E-state index contributed by atoms with van der Waals surface area (Å²) in [5, 5.41) is 30.5. The fraction of sp³-hybridized carbons (Fsp3) is 0.571. The van der Waals surface area contributed by atoms with Gasteiger partial charge < -0.3 is 40.3 Å². The Morgan fingerprint density at radius 2 is 1.69 bits per heavy atom. The van der Waals surface area contributed by atoms with Crippen molar-refractivity contribution in [3.05, 3.63) is 83.4 Å². The van der Waals surface area contributed by atoms with Crippen molar-refractivity contribution in [2.45, 2.75) is 89.8 Å². The Hall–Kier alpha value is -4.53. The number of likely N-dealkylation sites (N-methyl/N-ethyl adjacent to an activating group) is 3. The van der Waals surface area contributed by atoms with Gasteiger partial charge in [-0.3, -0.25) is 19.2 Å². The third kappa shape index (κ3) is 8.58. The standard InChI is InChI=1S/C49H68N6O7/c1-30-39-23-35(47(39,2)3)24-40(30)51-46(59)44-49(29-48(49,4)60)41(28-56)62-55(44)25-32-17-14-18-38(43(32)61-10)33-20-34(22-37(21-33)54(9)27-42(57)53(7)8)45(58)50-36(26-52(5)6)19-31-15-12-11-13-16-31/h11-18,20-22,30,35-36,39-41,44,56,60H,19,23-29H2,1-10H3,(H,50,58)(H,51,59)/t30-,35+,36-,39-,40-,41-,44+,48?,49+/m0/s1. The van der Waals surface area contributed by atoms with Gasteiger partial charge in [0.1, 0.15) is 17.9 Å². The van der Waals surface area contributed by atoms with E-state index >= 15 is 0 Å². The molecule has 9 atom stereocenters. The second kappa shape index (κ2) is 17.6. The van der Waals surface area contributed by atoms with Crippen molar-refractivity contribution >= 4 is 23.4 Å². The van der Waals surface area contributed by atoms with E-state index in [1.807, 2.05) is 80.6 Å². The van der Waals surface area contributed by atoms with Crippen LogP contribution in [0.4, 0.5) is 5.69 Å². The fourth-order valence-corrected chi connectivity index (χ4v) is 11.1. The molecule has 3 aromatic carbocycles. The van der Waals surface area contributed by atoms with E-state index in [9.17, 15) is 24.6 Å². The minimum atomic E-state index is -1.21. The van der Waals surface area contributed by atoms with Crippen LogP contribution in [0.5, 0.6) is 5.75 Å². The zero-order valence-corrected chi connectivity index (χ0v) is 38.3. The number of para-hydroxylation sites is 1. The van der Waals surface area contributed by atoms with Gasteiger partial charge in [-0.15, -0.1) is 0 Å². The highest BCUT2D eigenvalue weighted by atomic mass is 16.7. The number of nitrogens with zero attached hydrogens (tertiary/aromatic N) is 4. The van der Waals surface area contributed by atoms with Gasteiger partial charge in [0.2, 0.25) is 11.8 Å². The van der Waals surface area contributed by atoms with E-state index in [-0.39, 0.29) is 54.9 Å². The van der Waals surface area contributed by atoms with Gasteiger partial charge in [-0.05, 0) is 99.2 Å². The maximum Gasteiger partial charge on any atom is 0.251 e. The molecular weight excluding hydrogens is 785 g/mol. The maximum absolute atomic E-state index is 14.6. The molecule has 8 rings (SSSR count). The lowest BCUT2D eigenvalue weighted by Gasteiger charge is -2.62. The molecule has 1 heterocycles. The summed E-state index contributed by atoms with van der Waals surface area (Å²) in [6.45, 7) is 9.12. The number of carbonyl (C=O) groups excluding carboxylic acids is 3. The molecule has 0 radical (unpaired) electrons. The zero-order valence-electron chi connectivity index (χ0n) is 38.3. The molecule has 4 N–H and O–H groups in total. The van der Waals surface area contributed by atoms with E-state index in [1.54, 1.807) is 33.2 Å². The summed E-state index contributed by atoms with van der Waals surface area (Å²) in [5.74, 6) is 1.37. The minimum Gasteiger partial charge on any atom is -0.496 e. The summed E-state index contributed by atoms with van der Waals surface area (Å²) in [4.78, 5) is 53.7. The highest BCUT2D eigenvalue weighted by molar-refractivity contribution is 5.97. The van der Waals surface area contributed by atoms with Crippen LogP contribution >= 0.6 is 0 Å². The number of ether oxygens (including phenoxy) is 1.